The van der Waals surface area contributed by atoms with Gasteiger partial charge in [-0.3, -0.25) is 9.78 Å². The highest BCUT2D eigenvalue weighted by molar-refractivity contribution is 6.33. The molecule has 1 aliphatic heterocycles. The average Bonchev–Trinajstić information content (AvgIpc) is 3.06. The smallest absolute Gasteiger partial charge is 0.257 e. The molecule has 5 nitrogen and oxygen atoms in total. The van der Waals surface area contributed by atoms with Crippen molar-refractivity contribution in [2.24, 2.45) is 0 Å². The quantitative estimate of drug-likeness (QED) is 0.854. The van der Waals surface area contributed by atoms with E-state index in [9.17, 15) is 4.79 Å². The van der Waals surface area contributed by atoms with Gasteiger partial charge in [-0.15, -0.1) is 0 Å². The minimum Gasteiger partial charge on any atom is -0.359 e. The van der Waals surface area contributed by atoms with Crippen LogP contribution < -0.4 is 0 Å². The van der Waals surface area contributed by atoms with Crippen molar-refractivity contribution in [3.8, 4) is 0 Å². The third-order valence-corrected chi connectivity index (χ3v) is 4.02. The Morgan fingerprint density at radius 1 is 1.38 bits per heavy atom. The van der Waals surface area contributed by atoms with Gasteiger partial charge in [0.2, 0.25) is 0 Å². The number of hydrogen-bond donors (Lipinski definition) is 0. The van der Waals surface area contributed by atoms with E-state index in [1.165, 1.54) is 0 Å². The summed E-state index contributed by atoms with van der Waals surface area (Å²) >= 11 is 6.18. The van der Waals surface area contributed by atoms with E-state index in [0.717, 1.165) is 30.0 Å². The Bertz CT molecular complexity index is 683. The van der Waals surface area contributed by atoms with Crippen LogP contribution in [0.4, 0.5) is 0 Å². The molecule has 0 spiro atoms. The number of aryl methyl sites for hydroxylation is 2. The molecule has 1 saturated heterocycles. The fourth-order valence-electron chi connectivity index (χ4n) is 2.68. The number of likely N-dealkylation sites (tertiary alicyclic amines) is 1. The molecule has 21 heavy (non-hydrogen) atoms. The van der Waals surface area contributed by atoms with Crippen LogP contribution in [0.5, 0.6) is 0 Å². The number of rotatable bonds is 2. The summed E-state index contributed by atoms with van der Waals surface area (Å²) in [6.45, 7) is 4.40. The van der Waals surface area contributed by atoms with Crippen LogP contribution in [0.25, 0.3) is 0 Å². The van der Waals surface area contributed by atoms with Crippen LogP contribution in [0.2, 0.25) is 5.02 Å². The van der Waals surface area contributed by atoms with E-state index in [0.29, 0.717) is 17.1 Å². The van der Waals surface area contributed by atoms with Crippen LogP contribution in [0.3, 0.4) is 0 Å². The van der Waals surface area contributed by atoms with Gasteiger partial charge >= 0.3 is 0 Å². The van der Waals surface area contributed by atoms with Crippen LogP contribution in [0.15, 0.2) is 22.9 Å². The van der Waals surface area contributed by atoms with Gasteiger partial charge in [0.1, 0.15) is 0 Å². The van der Waals surface area contributed by atoms with Gasteiger partial charge in [-0.1, -0.05) is 16.8 Å². The Morgan fingerprint density at radius 2 is 2.19 bits per heavy atom. The third kappa shape index (κ3) is 2.65. The van der Waals surface area contributed by atoms with Gasteiger partial charge in [-0.2, -0.15) is 0 Å². The molecule has 1 aliphatic rings. The van der Waals surface area contributed by atoms with Gasteiger partial charge in [-0.05, 0) is 32.8 Å². The highest BCUT2D eigenvalue weighted by Crippen LogP contribution is 2.34. The molecule has 1 fully saturated rings. The SMILES string of the molecule is Cc1cc(Cl)c(C(=O)N2CCCC2c2cc(C)no2)cn1. The van der Waals surface area contributed by atoms with E-state index in [1.54, 1.807) is 17.2 Å². The number of aromatic nitrogens is 2. The largest absolute Gasteiger partial charge is 0.359 e. The number of pyridine rings is 1. The van der Waals surface area contributed by atoms with Crippen LogP contribution in [-0.4, -0.2) is 27.5 Å². The van der Waals surface area contributed by atoms with E-state index in [-0.39, 0.29) is 11.9 Å². The van der Waals surface area contributed by atoms with Crippen molar-refractivity contribution in [2.45, 2.75) is 32.7 Å². The summed E-state index contributed by atoms with van der Waals surface area (Å²) in [4.78, 5) is 18.7. The maximum Gasteiger partial charge on any atom is 0.257 e. The summed E-state index contributed by atoms with van der Waals surface area (Å²) in [5.74, 6) is 0.624. The summed E-state index contributed by atoms with van der Waals surface area (Å²) in [6.07, 6.45) is 3.35. The first kappa shape index (κ1) is 14.1. The van der Waals surface area contributed by atoms with Crippen molar-refractivity contribution in [1.82, 2.24) is 15.0 Å². The molecular weight excluding hydrogens is 290 g/mol. The van der Waals surface area contributed by atoms with Crippen molar-refractivity contribution in [3.05, 3.63) is 46.1 Å². The molecule has 3 heterocycles. The van der Waals surface area contributed by atoms with Gasteiger partial charge in [0.25, 0.3) is 5.91 Å². The lowest BCUT2D eigenvalue weighted by Crippen LogP contribution is -2.30. The molecule has 0 aromatic carbocycles. The van der Waals surface area contributed by atoms with Crippen molar-refractivity contribution in [1.29, 1.82) is 0 Å². The van der Waals surface area contributed by atoms with Crippen LogP contribution in [0, 0.1) is 13.8 Å². The molecule has 0 N–H and O–H groups in total. The normalized spacial score (nSPS) is 18.2. The number of hydrogen-bond acceptors (Lipinski definition) is 4. The Morgan fingerprint density at radius 3 is 2.86 bits per heavy atom. The van der Waals surface area contributed by atoms with E-state index in [1.807, 2.05) is 19.9 Å². The number of amides is 1. The zero-order valence-corrected chi connectivity index (χ0v) is 12.7. The molecule has 1 amide bonds. The Hall–Kier alpha value is -1.88. The summed E-state index contributed by atoms with van der Waals surface area (Å²) in [5, 5.41) is 4.34. The summed E-state index contributed by atoms with van der Waals surface area (Å²) in [6, 6.07) is 3.51. The van der Waals surface area contributed by atoms with Crippen molar-refractivity contribution >= 4 is 17.5 Å². The molecule has 1 atom stereocenters. The highest BCUT2D eigenvalue weighted by atomic mass is 35.5. The monoisotopic (exact) mass is 305 g/mol. The second-order valence-electron chi connectivity index (χ2n) is 5.33. The molecule has 0 radical (unpaired) electrons. The fraction of sp³-hybridized carbons (Fsp3) is 0.400. The number of carbonyl (C=O) groups excluding carboxylic acids is 1. The molecule has 6 heteroatoms. The maximum absolute atomic E-state index is 12.7. The van der Waals surface area contributed by atoms with E-state index >= 15 is 0 Å². The first-order chi connectivity index (χ1) is 10.1. The Kier molecular flexibility index (Phi) is 3.68. The molecule has 0 saturated carbocycles. The maximum atomic E-state index is 12.7. The first-order valence-corrected chi connectivity index (χ1v) is 7.30. The molecule has 0 aliphatic carbocycles. The molecule has 3 rings (SSSR count). The van der Waals surface area contributed by atoms with Gasteiger partial charge in [0, 0.05) is 24.5 Å². The van der Waals surface area contributed by atoms with E-state index in [4.69, 9.17) is 16.1 Å². The minimum absolute atomic E-state index is 0.0731. The van der Waals surface area contributed by atoms with Crippen LogP contribution in [-0.2, 0) is 0 Å². The van der Waals surface area contributed by atoms with Gasteiger partial charge in [0.05, 0.1) is 22.3 Å². The minimum atomic E-state index is -0.107. The lowest BCUT2D eigenvalue weighted by Gasteiger charge is -2.23. The first-order valence-electron chi connectivity index (χ1n) is 6.92. The van der Waals surface area contributed by atoms with Crippen LogP contribution in [0.1, 0.15) is 46.4 Å². The van der Waals surface area contributed by atoms with Crippen molar-refractivity contribution < 1.29 is 9.32 Å². The lowest BCUT2D eigenvalue weighted by atomic mass is 10.1. The van der Waals surface area contributed by atoms with Crippen molar-refractivity contribution in [2.75, 3.05) is 6.54 Å². The fourth-order valence-corrected chi connectivity index (χ4v) is 2.97. The zero-order valence-electron chi connectivity index (χ0n) is 12.0. The van der Waals surface area contributed by atoms with Gasteiger partial charge < -0.3 is 9.42 Å². The number of carbonyl (C=O) groups is 1. The predicted octanol–water partition coefficient (Wildman–Crippen LogP) is 3.32. The standard InChI is InChI=1S/C15H16ClN3O2/c1-9-6-12(16)11(8-17-9)15(20)19-5-3-4-13(19)14-7-10(2)18-21-14/h6-8,13H,3-5H2,1-2H3. The third-order valence-electron chi connectivity index (χ3n) is 3.71. The second kappa shape index (κ2) is 5.48. The molecule has 1 unspecified atom stereocenters. The predicted molar refractivity (Wildman–Crippen MR) is 78.2 cm³/mol. The van der Waals surface area contributed by atoms with Gasteiger partial charge in [-0.25, -0.2) is 0 Å². The van der Waals surface area contributed by atoms with E-state index < -0.39 is 0 Å². The molecule has 2 aromatic heterocycles. The Balaban J connectivity index is 1.89. The topological polar surface area (TPSA) is 59.2 Å². The van der Waals surface area contributed by atoms with E-state index in [2.05, 4.69) is 10.1 Å². The van der Waals surface area contributed by atoms with Gasteiger partial charge in [0.15, 0.2) is 5.76 Å². The number of halogens is 1. The molecule has 0 bridgehead atoms. The second-order valence-corrected chi connectivity index (χ2v) is 5.74. The average molecular weight is 306 g/mol. The highest BCUT2D eigenvalue weighted by Gasteiger charge is 2.34. The summed E-state index contributed by atoms with van der Waals surface area (Å²) in [7, 11) is 0. The Labute approximate surface area is 127 Å². The molecule has 2 aromatic rings. The molecular formula is C15H16ClN3O2. The number of nitrogens with zero attached hydrogens (tertiary/aromatic N) is 3. The molecule has 110 valence electrons. The summed E-state index contributed by atoms with van der Waals surface area (Å²) < 4.78 is 5.32. The van der Waals surface area contributed by atoms with Crippen LogP contribution >= 0.6 is 11.6 Å². The zero-order chi connectivity index (χ0) is 15.0. The van der Waals surface area contributed by atoms with Crippen molar-refractivity contribution in [3.63, 3.8) is 0 Å². The summed E-state index contributed by atoms with van der Waals surface area (Å²) in [5.41, 5.74) is 2.05. The lowest BCUT2D eigenvalue weighted by molar-refractivity contribution is 0.0714.